The van der Waals surface area contributed by atoms with Crippen LogP contribution in [-0.4, -0.2) is 59.4 Å². The Morgan fingerprint density at radius 3 is 2.97 bits per heavy atom. The molecule has 4 heterocycles. The highest BCUT2D eigenvalue weighted by Gasteiger charge is 2.39. The predicted molar refractivity (Wildman–Crippen MR) is 142 cm³/mol. The molecule has 2 unspecified atom stereocenters. The lowest BCUT2D eigenvalue weighted by Crippen LogP contribution is -2.35. The number of carboxylic acids is 1. The average Bonchev–Trinajstić information content (AvgIpc) is 3.67. The highest BCUT2D eigenvalue weighted by atomic mass is 16.5. The summed E-state index contributed by atoms with van der Waals surface area (Å²) in [5.74, 6) is 0.943. The third-order valence-corrected chi connectivity index (χ3v) is 8.52. The van der Waals surface area contributed by atoms with E-state index in [-0.39, 0.29) is 12.2 Å². The SMILES string of the molecule is O=C(O)C(c1cccc2c1CC(C1CC1)OC2)N1CC[C@@H](OCCCCc2ccc3c(n2)NCCC3)C1. The number of ether oxygens (including phenoxy) is 2. The third-order valence-electron chi connectivity index (χ3n) is 8.52. The van der Waals surface area contributed by atoms with Gasteiger partial charge in [-0.1, -0.05) is 24.3 Å². The van der Waals surface area contributed by atoms with Crippen molar-refractivity contribution in [3.8, 4) is 0 Å². The Morgan fingerprint density at radius 2 is 2.11 bits per heavy atom. The standard InChI is InChI=1S/C30H39N3O4/c34-30(35)28(25-8-3-5-22-19-37-27(17-26(22)25)20-9-10-20)33-15-13-24(18-33)36-16-2-1-7-23-12-11-21-6-4-14-31-29(21)32-23/h3,5,8,11-12,20,24,27-28H,1-2,4,6-7,9-10,13-19H2,(H,31,32)(H,34,35)/t24-,27?,28?/m1/s1. The van der Waals surface area contributed by atoms with Crippen molar-refractivity contribution in [2.75, 3.05) is 31.6 Å². The third kappa shape index (κ3) is 5.69. The number of aromatic nitrogens is 1. The first kappa shape index (κ1) is 24.8. The fourth-order valence-electron chi connectivity index (χ4n) is 6.30. The predicted octanol–water partition coefficient (Wildman–Crippen LogP) is 4.53. The number of benzene rings is 1. The van der Waals surface area contributed by atoms with Crippen LogP contribution in [0.15, 0.2) is 30.3 Å². The van der Waals surface area contributed by atoms with E-state index in [9.17, 15) is 9.90 Å². The second-order valence-electron chi connectivity index (χ2n) is 11.2. The van der Waals surface area contributed by atoms with Crippen LogP contribution >= 0.6 is 0 Å². The van der Waals surface area contributed by atoms with E-state index < -0.39 is 12.0 Å². The van der Waals surface area contributed by atoms with Gasteiger partial charge in [0, 0.05) is 31.9 Å². The summed E-state index contributed by atoms with van der Waals surface area (Å²) in [6.45, 7) is 3.74. The molecule has 198 valence electrons. The van der Waals surface area contributed by atoms with Gasteiger partial charge in [0.25, 0.3) is 0 Å². The maximum Gasteiger partial charge on any atom is 0.325 e. The average molecular weight is 506 g/mol. The summed E-state index contributed by atoms with van der Waals surface area (Å²) in [7, 11) is 0. The van der Waals surface area contributed by atoms with Crippen molar-refractivity contribution >= 4 is 11.8 Å². The van der Waals surface area contributed by atoms with Crippen LogP contribution in [0.2, 0.25) is 0 Å². The van der Waals surface area contributed by atoms with Crippen LogP contribution in [0.1, 0.15) is 72.5 Å². The molecule has 7 heteroatoms. The summed E-state index contributed by atoms with van der Waals surface area (Å²) in [4.78, 5) is 19.4. The first-order valence-electron chi connectivity index (χ1n) is 14.2. The molecule has 2 N–H and O–H groups in total. The van der Waals surface area contributed by atoms with Crippen molar-refractivity contribution in [3.63, 3.8) is 0 Å². The molecule has 4 aliphatic rings. The molecule has 3 atom stereocenters. The van der Waals surface area contributed by atoms with Crippen molar-refractivity contribution in [3.05, 3.63) is 58.3 Å². The van der Waals surface area contributed by atoms with Crippen LogP contribution in [0.4, 0.5) is 5.82 Å². The minimum absolute atomic E-state index is 0.0926. The number of hydrogen-bond acceptors (Lipinski definition) is 6. The van der Waals surface area contributed by atoms with Crippen molar-refractivity contribution in [1.29, 1.82) is 0 Å². The normalized spacial score (nSPS) is 24.2. The number of nitrogens with one attached hydrogen (secondary N) is 1. The first-order chi connectivity index (χ1) is 18.2. The Morgan fingerprint density at radius 1 is 1.19 bits per heavy atom. The van der Waals surface area contributed by atoms with E-state index in [1.54, 1.807) is 0 Å². The monoisotopic (exact) mass is 505 g/mol. The summed E-state index contributed by atoms with van der Waals surface area (Å²) >= 11 is 0. The van der Waals surface area contributed by atoms with Gasteiger partial charge in [0.15, 0.2) is 0 Å². The van der Waals surface area contributed by atoms with E-state index in [0.717, 1.165) is 74.3 Å². The first-order valence-corrected chi connectivity index (χ1v) is 14.2. The smallest absolute Gasteiger partial charge is 0.325 e. The molecule has 2 aromatic rings. The molecule has 37 heavy (non-hydrogen) atoms. The quantitative estimate of drug-likeness (QED) is 0.459. The minimum atomic E-state index is -0.768. The van der Waals surface area contributed by atoms with E-state index in [4.69, 9.17) is 14.5 Å². The van der Waals surface area contributed by atoms with Gasteiger partial charge >= 0.3 is 5.97 Å². The van der Waals surface area contributed by atoms with Crippen molar-refractivity contribution in [2.24, 2.45) is 5.92 Å². The van der Waals surface area contributed by atoms with Crippen molar-refractivity contribution < 1.29 is 19.4 Å². The zero-order chi connectivity index (χ0) is 25.2. The maximum absolute atomic E-state index is 12.5. The Hall–Kier alpha value is -2.48. The summed E-state index contributed by atoms with van der Waals surface area (Å²) in [5.41, 5.74) is 5.78. The largest absolute Gasteiger partial charge is 0.480 e. The summed E-state index contributed by atoms with van der Waals surface area (Å²) < 4.78 is 12.3. The van der Waals surface area contributed by atoms with Crippen molar-refractivity contribution in [2.45, 2.75) is 82.6 Å². The molecule has 1 aliphatic carbocycles. The number of carboxylic acid groups (broad SMARTS) is 1. The van der Waals surface area contributed by atoms with Crippen LogP contribution in [0.3, 0.4) is 0 Å². The Kier molecular flexibility index (Phi) is 7.45. The zero-order valence-corrected chi connectivity index (χ0v) is 21.7. The number of carbonyl (C=O) groups is 1. The molecule has 1 aromatic heterocycles. The van der Waals surface area contributed by atoms with Gasteiger partial charge in [-0.2, -0.15) is 0 Å². The molecule has 6 rings (SSSR count). The summed E-state index contributed by atoms with van der Waals surface area (Å²) in [5, 5.41) is 13.7. The molecule has 2 fully saturated rings. The maximum atomic E-state index is 12.5. The number of unbranched alkanes of at least 4 members (excludes halogenated alkanes) is 1. The van der Waals surface area contributed by atoms with Crippen LogP contribution < -0.4 is 5.32 Å². The van der Waals surface area contributed by atoms with Gasteiger partial charge in [0.1, 0.15) is 11.9 Å². The number of nitrogens with zero attached hydrogens (tertiary/aromatic N) is 2. The second-order valence-corrected chi connectivity index (χ2v) is 11.2. The van der Waals surface area contributed by atoms with Gasteiger partial charge in [-0.25, -0.2) is 4.98 Å². The lowest BCUT2D eigenvalue weighted by Gasteiger charge is -2.31. The fourth-order valence-corrected chi connectivity index (χ4v) is 6.30. The topological polar surface area (TPSA) is 83.9 Å². The Bertz CT molecular complexity index is 1120. The van der Waals surface area contributed by atoms with Gasteiger partial charge in [0.05, 0.1) is 18.8 Å². The Balaban J connectivity index is 1.01. The van der Waals surface area contributed by atoms with Gasteiger partial charge in [0.2, 0.25) is 0 Å². The van der Waals surface area contributed by atoms with E-state index in [0.29, 0.717) is 25.7 Å². The molecule has 1 saturated carbocycles. The number of rotatable bonds is 10. The fraction of sp³-hybridized carbons (Fsp3) is 0.600. The number of fused-ring (bicyclic) bond motifs is 2. The molecule has 0 spiro atoms. The number of pyridine rings is 1. The van der Waals surface area contributed by atoms with E-state index in [2.05, 4.69) is 28.4 Å². The van der Waals surface area contributed by atoms with Crippen molar-refractivity contribution in [1.82, 2.24) is 9.88 Å². The van der Waals surface area contributed by atoms with Crippen LogP contribution in [0.5, 0.6) is 0 Å². The molecule has 0 bridgehead atoms. The van der Waals surface area contributed by atoms with E-state index in [1.807, 2.05) is 12.1 Å². The van der Waals surface area contributed by atoms with Gasteiger partial charge < -0.3 is 19.9 Å². The van der Waals surface area contributed by atoms with E-state index in [1.165, 1.54) is 30.4 Å². The molecule has 1 aromatic carbocycles. The molecule has 3 aliphatic heterocycles. The molecular weight excluding hydrogens is 466 g/mol. The molecule has 1 saturated heterocycles. The molecule has 7 nitrogen and oxygen atoms in total. The second kappa shape index (κ2) is 11.1. The van der Waals surface area contributed by atoms with E-state index >= 15 is 0 Å². The van der Waals surface area contributed by atoms with Crippen LogP contribution in [0, 0.1) is 5.92 Å². The zero-order valence-electron chi connectivity index (χ0n) is 21.7. The minimum Gasteiger partial charge on any atom is -0.480 e. The lowest BCUT2D eigenvalue weighted by molar-refractivity contribution is -0.143. The molecular formula is C30H39N3O4. The number of aliphatic carboxylic acids is 1. The van der Waals surface area contributed by atoms with Gasteiger partial charge in [-0.3, -0.25) is 9.69 Å². The van der Waals surface area contributed by atoms with Gasteiger partial charge in [-0.15, -0.1) is 0 Å². The number of likely N-dealkylation sites (tertiary alicyclic amines) is 1. The van der Waals surface area contributed by atoms with Crippen LogP contribution in [0.25, 0.3) is 0 Å². The van der Waals surface area contributed by atoms with Gasteiger partial charge in [-0.05, 0) is 92.0 Å². The molecule has 0 radical (unpaired) electrons. The van der Waals surface area contributed by atoms with Crippen LogP contribution in [-0.2, 0) is 40.1 Å². The number of aryl methyl sites for hydroxylation is 2. The highest BCUT2D eigenvalue weighted by molar-refractivity contribution is 5.76. The molecule has 0 amide bonds. The Labute approximate surface area is 219 Å². The lowest BCUT2D eigenvalue weighted by atomic mass is 9.88. The number of anilines is 1. The highest BCUT2D eigenvalue weighted by Crippen LogP contribution is 2.41. The summed E-state index contributed by atoms with van der Waals surface area (Å²) in [6.07, 6.45) is 9.80. The number of hydrogen-bond donors (Lipinski definition) is 2. The summed E-state index contributed by atoms with van der Waals surface area (Å²) in [6, 6.07) is 9.86.